The normalized spacial score (nSPS) is 10.2. The van der Waals surface area contributed by atoms with Gasteiger partial charge in [-0.1, -0.05) is 0 Å². The summed E-state index contributed by atoms with van der Waals surface area (Å²) in [7, 11) is 0. The van der Waals surface area contributed by atoms with E-state index in [0.717, 1.165) is 31.1 Å². The maximum absolute atomic E-state index is 4.40. The van der Waals surface area contributed by atoms with Crippen molar-refractivity contribution in [1.82, 2.24) is 19.6 Å². The van der Waals surface area contributed by atoms with Gasteiger partial charge in [-0.3, -0.25) is 4.68 Å². The lowest BCUT2D eigenvalue weighted by Gasteiger charge is -2.09. The third kappa shape index (κ3) is 3.04. The van der Waals surface area contributed by atoms with Gasteiger partial charge in [-0.05, 0) is 26.8 Å². The van der Waals surface area contributed by atoms with Gasteiger partial charge in [-0.15, -0.1) is 12.4 Å². The molecule has 0 spiro atoms. The molecule has 0 saturated carbocycles. The van der Waals surface area contributed by atoms with Crippen LogP contribution in [0.25, 0.3) is 0 Å². The lowest BCUT2D eigenvalue weighted by atomic mass is 10.4. The molecule has 0 unspecified atom stereocenters. The first-order valence-electron chi connectivity index (χ1n) is 6.03. The van der Waals surface area contributed by atoms with Crippen LogP contribution in [0.4, 0.5) is 5.82 Å². The third-order valence-corrected chi connectivity index (χ3v) is 2.76. The number of hydrogen-bond acceptors (Lipinski definition) is 3. The summed E-state index contributed by atoms with van der Waals surface area (Å²) in [4.78, 5) is 0. The molecule has 0 aliphatic carbocycles. The summed E-state index contributed by atoms with van der Waals surface area (Å²) in [6.45, 7) is 8.75. The van der Waals surface area contributed by atoms with E-state index in [1.807, 2.05) is 28.6 Å². The number of nitrogens with zero attached hydrogens (tertiary/aromatic N) is 4. The first kappa shape index (κ1) is 14.6. The molecule has 2 heterocycles. The number of hydrogen-bond donors (Lipinski definition) is 1. The first-order valence-corrected chi connectivity index (χ1v) is 6.03. The predicted molar refractivity (Wildman–Crippen MR) is 75.1 cm³/mol. The zero-order valence-electron chi connectivity index (χ0n) is 11.1. The Kier molecular flexibility index (Phi) is 5.22. The molecule has 2 aromatic rings. The van der Waals surface area contributed by atoms with Crippen LogP contribution in [-0.4, -0.2) is 19.6 Å². The van der Waals surface area contributed by atoms with Crippen molar-refractivity contribution in [2.75, 3.05) is 5.32 Å². The fraction of sp³-hybridized carbons (Fsp3) is 0.500. The maximum atomic E-state index is 4.40. The van der Waals surface area contributed by atoms with Gasteiger partial charge in [0.05, 0.1) is 17.9 Å². The molecular formula is C12H20ClN5. The number of aryl methyl sites for hydroxylation is 3. The van der Waals surface area contributed by atoms with E-state index in [4.69, 9.17) is 0 Å². The standard InChI is InChI=1S/C12H19N5.ClH/c1-4-16-11(6-7-14-16)9-13-12-8-10(3)15-17(12)5-2;/h6-8,13H,4-5,9H2,1-3H3;1H. The van der Waals surface area contributed by atoms with Crippen LogP contribution >= 0.6 is 12.4 Å². The van der Waals surface area contributed by atoms with E-state index in [-0.39, 0.29) is 12.4 Å². The van der Waals surface area contributed by atoms with Crippen LogP contribution in [0.15, 0.2) is 18.3 Å². The summed E-state index contributed by atoms with van der Waals surface area (Å²) >= 11 is 0. The number of aromatic nitrogens is 4. The van der Waals surface area contributed by atoms with Crippen molar-refractivity contribution in [2.24, 2.45) is 0 Å². The van der Waals surface area contributed by atoms with Crippen LogP contribution in [0, 0.1) is 6.92 Å². The highest BCUT2D eigenvalue weighted by molar-refractivity contribution is 5.85. The van der Waals surface area contributed by atoms with Crippen LogP contribution in [0.1, 0.15) is 25.2 Å². The summed E-state index contributed by atoms with van der Waals surface area (Å²) in [5.74, 6) is 1.06. The van der Waals surface area contributed by atoms with Crippen LogP contribution in [0.3, 0.4) is 0 Å². The van der Waals surface area contributed by atoms with Crippen molar-refractivity contribution in [3.8, 4) is 0 Å². The van der Waals surface area contributed by atoms with E-state index >= 15 is 0 Å². The molecular weight excluding hydrogens is 250 g/mol. The zero-order chi connectivity index (χ0) is 12.3. The number of halogens is 1. The predicted octanol–water partition coefficient (Wildman–Crippen LogP) is 2.46. The molecule has 0 atom stereocenters. The highest BCUT2D eigenvalue weighted by atomic mass is 35.5. The van der Waals surface area contributed by atoms with E-state index < -0.39 is 0 Å². The second kappa shape index (κ2) is 6.44. The van der Waals surface area contributed by atoms with Gasteiger partial charge in [0.1, 0.15) is 5.82 Å². The lowest BCUT2D eigenvalue weighted by Crippen LogP contribution is -2.10. The molecule has 0 radical (unpaired) electrons. The van der Waals surface area contributed by atoms with Gasteiger partial charge in [0, 0.05) is 25.4 Å². The van der Waals surface area contributed by atoms with E-state index in [1.165, 1.54) is 5.69 Å². The largest absolute Gasteiger partial charge is 0.365 e. The average molecular weight is 270 g/mol. The maximum Gasteiger partial charge on any atom is 0.124 e. The summed E-state index contributed by atoms with van der Waals surface area (Å²) in [5, 5.41) is 12.1. The molecule has 100 valence electrons. The van der Waals surface area contributed by atoms with E-state index in [9.17, 15) is 0 Å². The van der Waals surface area contributed by atoms with Gasteiger partial charge in [0.25, 0.3) is 0 Å². The van der Waals surface area contributed by atoms with Crippen LogP contribution < -0.4 is 5.32 Å². The van der Waals surface area contributed by atoms with Crippen LogP contribution in [-0.2, 0) is 19.6 Å². The molecule has 0 aromatic carbocycles. The van der Waals surface area contributed by atoms with Gasteiger partial charge in [0.2, 0.25) is 0 Å². The van der Waals surface area contributed by atoms with Crippen LogP contribution in [0.2, 0.25) is 0 Å². The molecule has 0 fully saturated rings. The minimum atomic E-state index is 0. The van der Waals surface area contributed by atoms with Crippen molar-refractivity contribution in [3.05, 3.63) is 29.7 Å². The second-order valence-electron chi connectivity index (χ2n) is 3.98. The smallest absolute Gasteiger partial charge is 0.124 e. The minimum absolute atomic E-state index is 0. The Balaban J connectivity index is 0.00000162. The Morgan fingerprint density at radius 3 is 2.61 bits per heavy atom. The monoisotopic (exact) mass is 269 g/mol. The van der Waals surface area contributed by atoms with Crippen molar-refractivity contribution in [1.29, 1.82) is 0 Å². The van der Waals surface area contributed by atoms with Crippen molar-refractivity contribution >= 4 is 18.2 Å². The number of rotatable bonds is 5. The fourth-order valence-electron chi connectivity index (χ4n) is 1.90. The van der Waals surface area contributed by atoms with Gasteiger partial charge >= 0.3 is 0 Å². The molecule has 5 nitrogen and oxygen atoms in total. The van der Waals surface area contributed by atoms with E-state index in [0.29, 0.717) is 0 Å². The highest BCUT2D eigenvalue weighted by Crippen LogP contribution is 2.11. The average Bonchev–Trinajstić information content (AvgIpc) is 2.91. The zero-order valence-corrected chi connectivity index (χ0v) is 11.9. The molecule has 0 aliphatic heterocycles. The van der Waals surface area contributed by atoms with Gasteiger partial charge in [0.15, 0.2) is 0 Å². The third-order valence-electron chi connectivity index (χ3n) is 2.76. The molecule has 2 rings (SSSR count). The minimum Gasteiger partial charge on any atom is -0.365 e. The summed E-state index contributed by atoms with van der Waals surface area (Å²) in [6.07, 6.45) is 1.84. The van der Waals surface area contributed by atoms with Gasteiger partial charge < -0.3 is 5.32 Å². The molecule has 2 aromatic heterocycles. The molecule has 0 amide bonds. The van der Waals surface area contributed by atoms with E-state index in [2.05, 4.69) is 35.4 Å². The Bertz CT molecular complexity index is 488. The topological polar surface area (TPSA) is 47.7 Å². The Hall–Kier alpha value is -1.49. The van der Waals surface area contributed by atoms with E-state index in [1.54, 1.807) is 0 Å². The molecule has 6 heteroatoms. The molecule has 18 heavy (non-hydrogen) atoms. The summed E-state index contributed by atoms with van der Waals surface area (Å²) in [5.41, 5.74) is 2.23. The quantitative estimate of drug-likeness (QED) is 0.907. The Morgan fingerprint density at radius 2 is 1.94 bits per heavy atom. The summed E-state index contributed by atoms with van der Waals surface area (Å²) < 4.78 is 3.97. The van der Waals surface area contributed by atoms with Crippen molar-refractivity contribution < 1.29 is 0 Å². The Morgan fingerprint density at radius 1 is 1.22 bits per heavy atom. The second-order valence-corrected chi connectivity index (χ2v) is 3.98. The number of nitrogens with one attached hydrogen (secondary N) is 1. The summed E-state index contributed by atoms with van der Waals surface area (Å²) in [6, 6.07) is 4.10. The molecule has 0 saturated heterocycles. The molecule has 0 bridgehead atoms. The van der Waals surface area contributed by atoms with Gasteiger partial charge in [-0.2, -0.15) is 10.2 Å². The van der Waals surface area contributed by atoms with Crippen LogP contribution in [0.5, 0.6) is 0 Å². The molecule has 0 aliphatic rings. The SMILES string of the molecule is CCn1nccc1CNc1cc(C)nn1CC.Cl. The van der Waals surface area contributed by atoms with Crippen molar-refractivity contribution in [3.63, 3.8) is 0 Å². The molecule has 1 N–H and O–H groups in total. The number of anilines is 1. The Labute approximate surface area is 114 Å². The van der Waals surface area contributed by atoms with Gasteiger partial charge in [-0.25, -0.2) is 4.68 Å². The highest BCUT2D eigenvalue weighted by Gasteiger charge is 2.05. The lowest BCUT2D eigenvalue weighted by molar-refractivity contribution is 0.622. The van der Waals surface area contributed by atoms with Crippen molar-refractivity contribution in [2.45, 2.75) is 40.4 Å². The first-order chi connectivity index (χ1) is 8.24. The fourth-order valence-corrected chi connectivity index (χ4v) is 1.90.